The van der Waals surface area contributed by atoms with Gasteiger partial charge in [-0.15, -0.1) is 0 Å². The lowest BCUT2D eigenvalue weighted by atomic mass is 10.2. The van der Waals surface area contributed by atoms with Crippen LogP contribution < -0.4 is 11.2 Å². The molecule has 0 aliphatic carbocycles. The van der Waals surface area contributed by atoms with Gasteiger partial charge in [-0.1, -0.05) is 44.0 Å². The van der Waals surface area contributed by atoms with Crippen LogP contribution in [0.4, 0.5) is 5.82 Å². The Kier molecular flexibility index (Phi) is 5.41. The second-order valence-electron chi connectivity index (χ2n) is 5.97. The van der Waals surface area contributed by atoms with Crippen LogP contribution in [0.15, 0.2) is 61.1 Å². The number of amides is 1. The molecule has 2 aromatic carbocycles. The molecule has 11 heteroatoms. The van der Waals surface area contributed by atoms with E-state index < -0.39 is 0 Å². The molecular weight excluding hydrogens is 506 g/mol. The quantitative estimate of drug-likeness (QED) is 0.308. The number of hydrogen-bond acceptors (Lipinski definition) is 7. The second-order valence-corrected chi connectivity index (χ2v) is 7.74. The minimum Gasteiger partial charge on any atom is -0.379 e. The van der Waals surface area contributed by atoms with Crippen LogP contribution in [-0.2, 0) is 11.3 Å². The summed E-state index contributed by atoms with van der Waals surface area (Å²) >= 11 is 6.84. The summed E-state index contributed by atoms with van der Waals surface area (Å²) in [4.78, 5) is 17.0. The molecule has 0 bridgehead atoms. The number of benzene rings is 2. The number of carbonyl (C=O) groups excluding carboxylic acids is 1. The largest absolute Gasteiger partial charge is 0.379 e. The van der Waals surface area contributed by atoms with Gasteiger partial charge in [0.2, 0.25) is 0 Å². The number of nitrogens with two attached hydrogens (primary N) is 1. The van der Waals surface area contributed by atoms with Crippen molar-refractivity contribution in [2.45, 2.75) is 6.54 Å². The maximum absolute atomic E-state index is 12.5. The fraction of sp³-hybridized carbons (Fsp3) is 0.0556. The molecule has 2 heterocycles. The standard InChI is InChI=1S/C18H13Br2N7O2/c19-11-5-6-12(20)10(7-11)8-22-24-15(28)9-27-14-4-2-1-3-13(14)23-18(27)16-17(21)26-29-25-16/h1-8H,9H2,(H2,21,26)(H,24,28)/b22-8-. The van der Waals surface area contributed by atoms with E-state index in [0.717, 1.165) is 20.0 Å². The smallest absolute Gasteiger partial charge is 0.260 e. The third-order valence-electron chi connectivity index (χ3n) is 4.03. The number of imidazole rings is 1. The topological polar surface area (TPSA) is 124 Å². The van der Waals surface area contributed by atoms with Gasteiger partial charge in [0.05, 0.1) is 17.2 Å². The summed E-state index contributed by atoms with van der Waals surface area (Å²) in [5, 5.41) is 11.4. The van der Waals surface area contributed by atoms with Gasteiger partial charge in [0.25, 0.3) is 5.91 Å². The first-order chi connectivity index (χ1) is 14.0. The van der Waals surface area contributed by atoms with Crippen molar-refractivity contribution in [1.82, 2.24) is 25.3 Å². The number of fused-ring (bicyclic) bond motifs is 1. The Bertz CT molecular complexity index is 1230. The average molecular weight is 519 g/mol. The summed E-state index contributed by atoms with van der Waals surface area (Å²) in [6, 6.07) is 13.1. The molecule has 0 spiro atoms. The number of anilines is 1. The summed E-state index contributed by atoms with van der Waals surface area (Å²) < 4.78 is 8.13. The minimum atomic E-state index is -0.341. The Hall–Kier alpha value is -3.05. The molecule has 1 amide bonds. The highest BCUT2D eigenvalue weighted by molar-refractivity contribution is 9.11. The maximum Gasteiger partial charge on any atom is 0.260 e. The fourth-order valence-electron chi connectivity index (χ4n) is 2.73. The predicted molar refractivity (Wildman–Crippen MR) is 115 cm³/mol. The molecular formula is C18H13Br2N7O2. The van der Waals surface area contributed by atoms with Crippen molar-refractivity contribution in [1.29, 1.82) is 0 Å². The van der Waals surface area contributed by atoms with Crippen LogP contribution in [0, 0.1) is 0 Å². The zero-order valence-electron chi connectivity index (χ0n) is 14.7. The summed E-state index contributed by atoms with van der Waals surface area (Å²) in [6.07, 6.45) is 1.55. The van der Waals surface area contributed by atoms with Gasteiger partial charge in [0, 0.05) is 14.5 Å². The number of hydrogen-bond donors (Lipinski definition) is 2. The van der Waals surface area contributed by atoms with Crippen LogP contribution in [-0.4, -0.2) is 32.0 Å². The van der Waals surface area contributed by atoms with Crippen molar-refractivity contribution >= 4 is 60.8 Å². The Morgan fingerprint density at radius 2 is 2.07 bits per heavy atom. The second kappa shape index (κ2) is 8.13. The molecule has 2 aromatic heterocycles. The SMILES string of the molecule is Nc1nonc1-c1nc2ccccc2n1CC(=O)N/N=C\c1cc(Br)ccc1Br. The van der Waals surface area contributed by atoms with Crippen molar-refractivity contribution in [3.63, 3.8) is 0 Å². The molecule has 0 atom stereocenters. The third kappa shape index (κ3) is 4.05. The van der Waals surface area contributed by atoms with Crippen molar-refractivity contribution in [3.8, 4) is 11.5 Å². The highest BCUT2D eigenvalue weighted by atomic mass is 79.9. The van der Waals surface area contributed by atoms with Gasteiger partial charge in [-0.2, -0.15) is 5.10 Å². The van der Waals surface area contributed by atoms with Crippen LogP contribution in [0.3, 0.4) is 0 Å². The molecule has 0 aliphatic rings. The molecule has 0 unspecified atom stereocenters. The molecule has 0 saturated carbocycles. The van der Waals surface area contributed by atoms with E-state index in [0.29, 0.717) is 11.3 Å². The van der Waals surface area contributed by atoms with E-state index in [4.69, 9.17) is 5.73 Å². The van der Waals surface area contributed by atoms with E-state index in [1.54, 1.807) is 10.8 Å². The molecule has 9 nitrogen and oxygen atoms in total. The number of carbonyl (C=O) groups is 1. The van der Waals surface area contributed by atoms with Gasteiger partial charge >= 0.3 is 0 Å². The summed E-state index contributed by atoms with van der Waals surface area (Å²) in [7, 11) is 0. The monoisotopic (exact) mass is 517 g/mol. The lowest BCUT2D eigenvalue weighted by Gasteiger charge is -2.06. The first kappa shape index (κ1) is 19.3. The number of nitrogens with zero attached hydrogens (tertiary/aromatic N) is 5. The van der Waals surface area contributed by atoms with E-state index in [2.05, 4.69) is 62.3 Å². The number of hydrazone groups is 1. The highest BCUT2D eigenvalue weighted by Gasteiger charge is 2.20. The number of aromatic nitrogens is 4. The summed E-state index contributed by atoms with van der Waals surface area (Å²) in [6.45, 7) is -0.0425. The Morgan fingerprint density at radius 1 is 1.24 bits per heavy atom. The van der Waals surface area contributed by atoms with E-state index in [1.165, 1.54) is 0 Å². The number of para-hydroxylation sites is 2. The molecule has 0 radical (unpaired) electrons. The van der Waals surface area contributed by atoms with E-state index in [9.17, 15) is 4.79 Å². The Labute approximate surface area is 181 Å². The fourth-order valence-corrected chi connectivity index (χ4v) is 3.46. The molecule has 3 N–H and O–H groups in total. The van der Waals surface area contributed by atoms with Crippen molar-refractivity contribution < 1.29 is 9.42 Å². The number of nitrogens with one attached hydrogen (secondary N) is 1. The first-order valence-electron chi connectivity index (χ1n) is 8.33. The predicted octanol–water partition coefficient (Wildman–Crippen LogP) is 3.34. The zero-order valence-corrected chi connectivity index (χ0v) is 17.9. The van der Waals surface area contributed by atoms with E-state index >= 15 is 0 Å². The van der Waals surface area contributed by atoms with Gasteiger partial charge in [-0.25, -0.2) is 15.0 Å². The van der Waals surface area contributed by atoms with Gasteiger partial charge in [0.15, 0.2) is 17.3 Å². The summed E-state index contributed by atoms with van der Waals surface area (Å²) in [5.74, 6) is 0.144. The molecule has 146 valence electrons. The van der Waals surface area contributed by atoms with E-state index in [1.807, 2.05) is 42.5 Å². The molecule has 4 rings (SSSR count). The number of halogens is 2. The normalized spacial score (nSPS) is 11.4. The Morgan fingerprint density at radius 3 is 2.86 bits per heavy atom. The van der Waals surface area contributed by atoms with Crippen LogP contribution >= 0.6 is 31.9 Å². The van der Waals surface area contributed by atoms with Crippen LogP contribution in [0.5, 0.6) is 0 Å². The molecule has 0 fully saturated rings. The molecule has 0 aliphatic heterocycles. The molecule has 4 aromatic rings. The van der Waals surface area contributed by atoms with Crippen LogP contribution in [0.25, 0.3) is 22.6 Å². The van der Waals surface area contributed by atoms with Gasteiger partial charge in [-0.05, 0) is 40.6 Å². The zero-order chi connectivity index (χ0) is 20.4. The maximum atomic E-state index is 12.5. The summed E-state index contributed by atoms with van der Waals surface area (Å²) in [5.41, 5.74) is 10.9. The average Bonchev–Trinajstić information content (AvgIpc) is 3.28. The first-order valence-corrected chi connectivity index (χ1v) is 9.92. The number of rotatable bonds is 5. The van der Waals surface area contributed by atoms with Crippen molar-refractivity contribution in [2.75, 3.05) is 5.73 Å². The van der Waals surface area contributed by atoms with Crippen molar-refractivity contribution in [2.24, 2.45) is 5.10 Å². The number of nitrogen functional groups attached to an aromatic ring is 1. The van der Waals surface area contributed by atoms with Gasteiger partial charge in [-0.3, -0.25) is 4.79 Å². The molecule has 0 saturated heterocycles. The lowest BCUT2D eigenvalue weighted by molar-refractivity contribution is -0.121. The lowest BCUT2D eigenvalue weighted by Crippen LogP contribution is -2.23. The van der Waals surface area contributed by atoms with E-state index in [-0.39, 0.29) is 24.0 Å². The van der Waals surface area contributed by atoms with Crippen LogP contribution in [0.2, 0.25) is 0 Å². The minimum absolute atomic E-state index is 0.0425. The Balaban J connectivity index is 1.59. The van der Waals surface area contributed by atoms with Gasteiger partial charge < -0.3 is 10.3 Å². The van der Waals surface area contributed by atoms with Crippen LogP contribution in [0.1, 0.15) is 5.56 Å². The highest BCUT2D eigenvalue weighted by Crippen LogP contribution is 2.26. The van der Waals surface area contributed by atoms with Gasteiger partial charge in [0.1, 0.15) is 6.54 Å². The third-order valence-corrected chi connectivity index (χ3v) is 5.25. The van der Waals surface area contributed by atoms with Crippen molar-refractivity contribution in [3.05, 3.63) is 57.0 Å². The molecule has 29 heavy (non-hydrogen) atoms.